The number of hydrogen-bond acceptors (Lipinski definition) is 3. The van der Waals surface area contributed by atoms with E-state index in [4.69, 9.17) is 12.2 Å². The van der Waals surface area contributed by atoms with Crippen LogP contribution in [0.4, 0.5) is 5.69 Å². The van der Waals surface area contributed by atoms with Gasteiger partial charge < -0.3 is 0 Å². The number of fused-ring (bicyclic) bond motifs is 4. The molecule has 0 bridgehead atoms. The summed E-state index contributed by atoms with van der Waals surface area (Å²) in [5.74, 6) is 0. The maximum absolute atomic E-state index is 6.08. The summed E-state index contributed by atoms with van der Waals surface area (Å²) in [5, 5.41) is 2.89. The van der Waals surface area contributed by atoms with Gasteiger partial charge in [-0.25, -0.2) is 0 Å². The Labute approximate surface area is 261 Å². The molecule has 0 spiro atoms. The first-order valence-electron chi connectivity index (χ1n) is 15.3. The predicted octanol–water partition coefficient (Wildman–Crippen LogP) is 4.04. The third-order valence-corrected chi connectivity index (χ3v) is 14.1. The Kier molecular flexibility index (Phi) is 6.82. The van der Waals surface area contributed by atoms with Crippen LogP contribution in [-0.4, -0.2) is 65.1 Å². The Morgan fingerprint density at radius 3 is 2.44 bits per heavy atom. The number of thiocarbonyl (C=S) groups is 1. The Balaban J connectivity index is 1.49. The van der Waals surface area contributed by atoms with E-state index < -0.39 is 0 Å². The van der Waals surface area contributed by atoms with Gasteiger partial charge in [-0.2, -0.15) is 0 Å². The van der Waals surface area contributed by atoms with Crippen LogP contribution in [0, 0.1) is 0 Å². The number of benzene rings is 2. The predicted molar refractivity (Wildman–Crippen MR) is 181 cm³/mol. The van der Waals surface area contributed by atoms with Gasteiger partial charge in [-0.3, -0.25) is 0 Å². The summed E-state index contributed by atoms with van der Waals surface area (Å²) in [6.07, 6.45) is 6.21. The van der Waals surface area contributed by atoms with Crippen molar-refractivity contribution in [2.24, 2.45) is 0 Å². The third kappa shape index (κ3) is 4.65. The zero-order valence-electron chi connectivity index (χ0n) is 25.4. The van der Waals surface area contributed by atoms with Crippen LogP contribution in [0.3, 0.4) is 0 Å². The molecule has 0 N–H and O–H groups in total. The van der Waals surface area contributed by atoms with Crippen molar-refractivity contribution in [2.75, 3.05) is 45.2 Å². The minimum atomic E-state index is 0.173. The fourth-order valence-corrected chi connectivity index (χ4v) is 11.0. The van der Waals surface area contributed by atoms with Crippen LogP contribution >= 0.6 is 23.6 Å². The molecule has 2 aromatic carbocycles. The van der Waals surface area contributed by atoms with Gasteiger partial charge in [0.15, 0.2) is 0 Å². The van der Waals surface area contributed by atoms with Gasteiger partial charge in [-0.15, -0.1) is 0 Å². The van der Waals surface area contributed by atoms with Crippen LogP contribution < -0.4 is 29.0 Å². The molecule has 6 heteroatoms. The number of rotatable bonds is 2. The quantitative estimate of drug-likeness (QED) is 0.185. The van der Waals surface area contributed by atoms with Crippen LogP contribution in [0.1, 0.15) is 86.2 Å². The van der Waals surface area contributed by atoms with Crippen molar-refractivity contribution in [3.05, 3.63) is 73.4 Å². The van der Waals surface area contributed by atoms with Gasteiger partial charge in [0.05, 0.1) is 0 Å². The molecular formula is C35H42N3S2Se+. The van der Waals surface area contributed by atoms with Gasteiger partial charge in [0, 0.05) is 0 Å². The maximum atomic E-state index is 6.08. The fourth-order valence-electron chi connectivity index (χ4n) is 7.19. The molecular weight excluding hydrogens is 606 g/mol. The molecule has 0 amide bonds. The molecule has 4 aliphatic rings. The second-order valence-corrected chi connectivity index (χ2v) is 17.6. The van der Waals surface area contributed by atoms with E-state index >= 15 is 0 Å². The van der Waals surface area contributed by atoms with E-state index in [2.05, 4.69) is 92.6 Å². The van der Waals surface area contributed by atoms with Crippen LogP contribution in [0.15, 0.2) is 36.4 Å². The van der Waals surface area contributed by atoms with Crippen molar-refractivity contribution < 1.29 is 0 Å². The Bertz CT molecular complexity index is 1710. The van der Waals surface area contributed by atoms with Gasteiger partial charge in [0.1, 0.15) is 0 Å². The fraction of sp³-hybridized carbons (Fsp3) is 0.486. The van der Waals surface area contributed by atoms with Crippen LogP contribution in [0.2, 0.25) is 0 Å². The zero-order chi connectivity index (χ0) is 28.7. The van der Waals surface area contributed by atoms with Crippen molar-refractivity contribution >= 4 is 63.7 Å². The molecule has 0 atom stereocenters. The van der Waals surface area contributed by atoms with Crippen LogP contribution in [0.5, 0.6) is 0 Å². The SMILES string of the molecule is CN1CCC(C)(C)c2cc3c(cc21)[Se]c1cc2c(cc1=C3c1ccc(C(=S)N3CCCCC3)s1)C(C)(C)CC[N+]=2C. The van der Waals surface area contributed by atoms with E-state index in [9.17, 15) is 0 Å². The first-order chi connectivity index (χ1) is 19.5. The average Bonchev–Trinajstić information content (AvgIpc) is 3.45. The topological polar surface area (TPSA) is 9.49 Å². The number of hydrogen-bond donors (Lipinski definition) is 0. The molecule has 0 unspecified atom stereocenters. The molecule has 3 aromatic rings. The van der Waals surface area contributed by atoms with E-state index in [1.165, 1.54) is 89.3 Å². The van der Waals surface area contributed by atoms with Crippen LogP contribution in [0.25, 0.3) is 5.57 Å². The third-order valence-electron chi connectivity index (χ3n) is 10.1. The molecule has 7 rings (SSSR count). The van der Waals surface area contributed by atoms with Gasteiger partial charge in [-0.05, 0) is 0 Å². The number of thiophene rings is 1. The summed E-state index contributed by atoms with van der Waals surface area (Å²) in [6, 6.07) is 14.9. The summed E-state index contributed by atoms with van der Waals surface area (Å²) in [4.78, 5) is 8.58. The molecule has 1 aromatic heterocycles. The van der Waals surface area contributed by atoms with Crippen molar-refractivity contribution in [2.45, 2.75) is 70.6 Å². The minimum absolute atomic E-state index is 0.173. The molecule has 214 valence electrons. The summed E-state index contributed by atoms with van der Waals surface area (Å²) in [6.45, 7) is 14.2. The van der Waals surface area contributed by atoms with Gasteiger partial charge in [0.2, 0.25) is 0 Å². The second-order valence-electron chi connectivity index (χ2n) is 13.8. The number of anilines is 1. The van der Waals surface area contributed by atoms with Gasteiger partial charge in [0.25, 0.3) is 0 Å². The zero-order valence-corrected chi connectivity index (χ0v) is 28.7. The molecule has 5 heterocycles. The summed E-state index contributed by atoms with van der Waals surface area (Å²) >= 11 is 8.24. The van der Waals surface area contributed by atoms with E-state index in [1.54, 1.807) is 0 Å². The van der Waals surface area contributed by atoms with Crippen LogP contribution in [-0.2, 0) is 10.8 Å². The van der Waals surface area contributed by atoms with Crippen molar-refractivity contribution in [3.8, 4) is 0 Å². The van der Waals surface area contributed by atoms with Gasteiger partial charge >= 0.3 is 262 Å². The molecule has 41 heavy (non-hydrogen) atoms. The number of nitrogens with zero attached hydrogens (tertiary/aromatic N) is 3. The van der Waals surface area contributed by atoms with E-state index in [0.717, 1.165) is 31.2 Å². The number of likely N-dealkylation sites (tertiary alicyclic amines) is 1. The monoisotopic (exact) mass is 648 g/mol. The molecule has 4 aliphatic heterocycles. The first kappa shape index (κ1) is 27.8. The van der Waals surface area contributed by atoms with Crippen molar-refractivity contribution in [1.29, 1.82) is 0 Å². The first-order valence-corrected chi connectivity index (χ1v) is 18.2. The molecule has 1 saturated heterocycles. The van der Waals surface area contributed by atoms with Gasteiger partial charge in [-0.1, -0.05) is 0 Å². The summed E-state index contributed by atoms with van der Waals surface area (Å²) in [7, 11) is 4.55. The van der Waals surface area contributed by atoms with Crippen molar-refractivity contribution in [3.63, 3.8) is 0 Å². The Morgan fingerprint density at radius 2 is 1.66 bits per heavy atom. The molecule has 1 fully saturated rings. The van der Waals surface area contributed by atoms with Crippen molar-refractivity contribution in [1.82, 2.24) is 9.48 Å². The molecule has 0 saturated carbocycles. The Hall–Kier alpha value is -1.98. The Morgan fingerprint density at radius 1 is 0.902 bits per heavy atom. The second kappa shape index (κ2) is 10.0. The summed E-state index contributed by atoms with van der Waals surface area (Å²) < 4.78 is 5.53. The standard InChI is InChI=1S/C35H42N3S2Se/c1-34(2)12-16-36(5)26-20-30-22(18-24(26)34)32(28-10-11-29(40-28)33(39)38-14-8-7-9-15-38)23-19-25-27(21-31(23)41-30)37(6)17-13-35(25,3)4/h10-11,18-21H,7-9,12-17H2,1-6H3/q+1. The normalized spacial score (nSPS) is 20.7. The number of piperidine rings is 1. The molecule has 0 aliphatic carbocycles. The van der Waals surface area contributed by atoms with E-state index in [0.29, 0.717) is 0 Å². The average molecular weight is 648 g/mol. The summed E-state index contributed by atoms with van der Waals surface area (Å²) in [5.41, 5.74) is 7.66. The molecule has 3 nitrogen and oxygen atoms in total. The molecule has 0 radical (unpaired) electrons. The van der Waals surface area contributed by atoms with E-state index in [-0.39, 0.29) is 25.8 Å². The van der Waals surface area contributed by atoms with E-state index in [1.807, 2.05) is 11.3 Å².